The van der Waals surface area contributed by atoms with E-state index in [1.807, 2.05) is 13.8 Å². The van der Waals surface area contributed by atoms with Gasteiger partial charge in [-0.2, -0.15) is 0 Å². The molecule has 1 aliphatic heterocycles. The van der Waals surface area contributed by atoms with Crippen molar-refractivity contribution < 1.29 is 17.9 Å². The molecule has 138 valence electrons. The summed E-state index contributed by atoms with van der Waals surface area (Å²) in [5.74, 6) is -0.330. The van der Waals surface area contributed by atoms with Gasteiger partial charge >= 0.3 is 0 Å². The van der Waals surface area contributed by atoms with Crippen LogP contribution < -0.4 is 15.8 Å². The standard InChI is InChI=1S/C17H25N3O4S/c1-16(2)14-13(8-5-9-24-14)17(16,18)15(21)20-11-6-4-7-12(10-11)25(22,23)19-3/h4,6-7,10,13-14,19H,5,8-9,18H2,1-3H3,(H,20,21). The Morgan fingerprint density at radius 2 is 2.08 bits per heavy atom. The first-order valence-electron chi connectivity index (χ1n) is 8.40. The molecule has 25 heavy (non-hydrogen) atoms. The first kappa shape index (κ1) is 18.3. The number of ether oxygens (including phenoxy) is 1. The summed E-state index contributed by atoms with van der Waals surface area (Å²) in [5, 5.41) is 2.80. The van der Waals surface area contributed by atoms with E-state index in [0.717, 1.165) is 12.8 Å². The summed E-state index contributed by atoms with van der Waals surface area (Å²) in [6, 6.07) is 6.13. The van der Waals surface area contributed by atoms with Gasteiger partial charge in [0.05, 0.1) is 11.0 Å². The van der Waals surface area contributed by atoms with Gasteiger partial charge in [-0.25, -0.2) is 13.1 Å². The molecule has 3 unspecified atom stereocenters. The van der Waals surface area contributed by atoms with E-state index in [9.17, 15) is 13.2 Å². The molecule has 3 atom stereocenters. The Labute approximate surface area is 148 Å². The van der Waals surface area contributed by atoms with Gasteiger partial charge in [0.2, 0.25) is 15.9 Å². The first-order chi connectivity index (χ1) is 11.6. The Balaban J connectivity index is 1.84. The van der Waals surface area contributed by atoms with E-state index in [1.54, 1.807) is 12.1 Å². The summed E-state index contributed by atoms with van der Waals surface area (Å²) in [4.78, 5) is 13.0. The van der Waals surface area contributed by atoms with Crippen LogP contribution in [0.5, 0.6) is 0 Å². The van der Waals surface area contributed by atoms with Gasteiger partial charge in [-0.1, -0.05) is 19.9 Å². The highest BCUT2D eigenvalue weighted by atomic mass is 32.2. The molecule has 1 heterocycles. The van der Waals surface area contributed by atoms with Crippen LogP contribution in [0.25, 0.3) is 0 Å². The fraction of sp³-hybridized carbons (Fsp3) is 0.588. The van der Waals surface area contributed by atoms with E-state index in [4.69, 9.17) is 10.5 Å². The van der Waals surface area contributed by atoms with Gasteiger partial charge in [0.1, 0.15) is 5.54 Å². The molecule has 2 fully saturated rings. The molecule has 1 aliphatic carbocycles. The molecule has 8 heteroatoms. The molecule has 0 spiro atoms. The molecule has 7 nitrogen and oxygen atoms in total. The third-order valence-corrected chi connectivity index (χ3v) is 7.14. The molecular formula is C17H25N3O4S. The number of nitrogens with one attached hydrogen (secondary N) is 2. The number of hydrogen-bond donors (Lipinski definition) is 3. The topological polar surface area (TPSA) is 111 Å². The minimum Gasteiger partial charge on any atom is -0.377 e. The van der Waals surface area contributed by atoms with Gasteiger partial charge in [0, 0.05) is 23.6 Å². The van der Waals surface area contributed by atoms with Crippen LogP contribution in [0.4, 0.5) is 5.69 Å². The number of fused-ring (bicyclic) bond motifs is 1. The molecule has 1 aromatic carbocycles. The summed E-state index contributed by atoms with van der Waals surface area (Å²) in [5.41, 5.74) is 5.42. The Kier molecular flexibility index (Phi) is 4.43. The van der Waals surface area contributed by atoms with Gasteiger partial charge in [-0.05, 0) is 38.1 Å². The predicted octanol–water partition coefficient (Wildman–Crippen LogP) is 1.07. The lowest BCUT2D eigenvalue weighted by atomic mass is 9.46. The number of amides is 1. The van der Waals surface area contributed by atoms with Gasteiger partial charge in [-0.15, -0.1) is 0 Å². The second-order valence-electron chi connectivity index (χ2n) is 7.32. The van der Waals surface area contributed by atoms with Crippen molar-refractivity contribution in [1.29, 1.82) is 0 Å². The molecule has 1 amide bonds. The SMILES string of the molecule is CNS(=O)(=O)c1cccc(NC(=O)C2(N)C3CCCOC3C2(C)C)c1. The number of anilines is 1. The van der Waals surface area contributed by atoms with Crippen LogP contribution in [0.15, 0.2) is 29.2 Å². The number of sulfonamides is 1. The Bertz CT molecular complexity index is 793. The highest BCUT2D eigenvalue weighted by Crippen LogP contribution is 2.57. The minimum atomic E-state index is -3.58. The summed E-state index contributed by atoms with van der Waals surface area (Å²) in [7, 11) is -2.24. The summed E-state index contributed by atoms with van der Waals surface area (Å²) < 4.78 is 31.9. The molecule has 1 aromatic rings. The van der Waals surface area contributed by atoms with Crippen molar-refractivity contribution in [1.82, 2.24) is 4.72 Å². The lowest BCUT2D eigenvalue weighted by Crippen LogP contribution is -2.81. The maximum absolute atomic E-state index is 13.0. The normalized spacial score (nSPS) is 30.9. The molecule has 4 N–H and O–H groups in total. The van der Waals surface area contributed by atoms with Crippen molar-refractivity contribution in [3.05, 3.63) is 24.3 Å². The van der Waals surface area contributed by atoms with Gasteiger partial charge in [0.25, 0.3) is 0 Å². The number of benzene rings is 1. The fourth-order valence-electron chi connectivity index (χ4n) is 4.13. The molecule has 2 aliphatic rings. The van der Waals surface area contributed by atoms with E-state index in [0.29, 0.717) is 12.3 Å². The van der Waals surface area contributed by atoms with Crippen molar-refractivity contribution in [2.75, 3.05) is 19.0 Å². The molecule has 0 bridgehead atoms. The van der Waals surface area contributed by atoms with Gasteiger partial charge < -0.3 is 15.8 Å². The average molecular weight is 367 g/mol. The van der Waals surface area contributed by atoms with Crippen molar-refractivity contribution in [2.24, 2.45) is 17.1 Å². The average Bonchev–Trinajstić information content (AvgIpc) is 2.61. The summed E-state index contributed by atoms with van der Waals surface area (Å²) in [6.07, 6.45) is 1.72. The summed E-state index contributed by atoms with van der Waals surface area (Å²) >= 11 is 0. The van der Waals surface area contributed by atoms with Crippen LogP contribution in [0.3, 0.4) is 0 Å². The van der Waals surface area contributed by atoms with E-state index >= 15 is 0 Å². The van der Waals surface area contributed by atoms with Crippen LogP contribution in [0.1, 0.15) is 26.7 Å². The molecule has 0 aromatic heterocycles. The van der Waals surface area contributed by atoms with Crippen LogP contribution in [-0.2, 0) is 19.6 Å². The smallest absolute Gasteiger partial charge is 0.245 e. The van der Waals surface area contributed by atoms with E-state index < -0.39 is 21.0 Å². The largest absolute Gasteiger partial charge is 0.377 e. The number of carbonyl (C=O) groups is 1. The maximum Gasteiger partial charge on any atom is 0.245 e. The summed E-state index contributed by atoms with van der Waals surface area (Å²) in [6.45, 7) is 4.59. The highest BCUT2D eigenvalue weighted by Gasteiger charge is 2.70. The third kappa shape index (κ3) is 2.68. The monoisotopic (exact) mass is 367 g/mol. The zero-order chi connectivity index (χ0) is 18.5. The predicted molar refractivity (Wildman–Crippen MR) is 94.5 cm³/mol. The van der Waals surface area contributed by atoms with Crippen LogP contribution in [-0.4, -0.2) is 39.6 Å². The third-order valence-electron chi connectivity index (χ3n) is 5.73. The quantitative estimate of drug-likeness (QED) is 0.737. The first-order valence-corrected chi connectivity index (χ1v) is 9.88. The lowest BCUT2D eigenvalue weighted by Gasteiger charge is -2.65. The Hall–Kier alpha value is -1.48. The zero-order valence-corrected chi connectivity index (χ0v) is 15.5. The lowest BCUT2D eigenvalue weighted by molar-refractivity contribution is -0.222. The van der Waals surface area contributed by atoms with E-state index in [1.165, 1.54) is 19.2 Å². The number of nitrogens with two attached hydrogens (primary N) is 1. The van der Waals surface area contributed by atoms with Crippen molar-refractivity contribution in [3.8, 4) is 0 Å². The molecule has 0 radical (unpaired) electrons. The van der Waals surface area contributed by atoms with Crippen molar-refractivity contribution in [3.63, 3.8) is 0 Å². The van der Waals surface area contributed by atoms with Crippen molar-refractivity contribution >= 4 is 21.6 Å². The molecule has 1 saturated carbocycles. The fourth-order valence-corrected chi connectivity index (χ4v) is 4.91. The molecular weight excluding hydrogens is 342 g/mol. The van der Waals surface area contributed by atoms with Crippen LogP contribution in [0, 0.1) is 11.3 Å². The van der Waals surface area contributed by atoms with Crippen molar-refractivity contribution in [2.45, 2.75) is 43.2 Å². The maximum atomic E-state index is 13.0. The molecule has 3 rings (SSSR count). The van der Waals surface area contributed by atoms with Crippen LogP contribution in [0.2, 0.25) is 0 Å². The second kappa shape index (κ2) is 6.05. The highest BCUT2D eigenvalue weighted by molar-refractivity contribution is 7.89. The number of hydrogen-bond acceptors (Lipinski definition) is 5. The number of rotatable bonds is 4. The zero-order valence-electron chi connectivity index (χ0n) is 14.7. The number of carbonyl (C=O) groups excluding carboxylic acids is 1. The Morgan fingerprint density at radius 1 is 1.36 bits per heavy atom. The Morgan fingerprint density at radius 3 is 2.76 bits per heavy atom. The van der Waals surface area contributed by atoms with E-state index in [-0.39, 0.29) is 22.8 Å². The van der Waals surface area contributed by atoms with Gasteiger partial charge in [0.15, 0.2) is 0 Å². The van der Waals surface area contributed by atoms with Crippen LogP contribution >= 0.6 is 0 Å². The van der Waals surface area contributed by atoms with E-state index in [2.05, 4.69) is 10.0 Å². The minimum absolute atomic E-state index is 0.0204. The molecule has 1 saturated heterocycles. The van der Waals surface area contributed by atoms with Gasteiger partial charge in [-0.3, -0.25) is 4.79 Å². The second-order valence-corrected chi connectivity index (χ2v) is 9.21.